The van der Waals surface area contributed by atoms with Gasteiger partial charge in [0.05, 0.1) is 5.56 Å². The SMILES string of the molecule is Nc1ncc(-c2cccnc2)cc1C(=O)NC1CCN(C(=O)c2ccc(-c3ccccc3)cc2)C1. The predicted molar refractivity (Wildman–Crippen MR) is 136 cm³/mol. The van der Waals surface area contributed by atoms with E-state index < -0.39 is 0 Å². The summed E-state index contributed by atoms with van der Waals surface area (Å²) in [4.78, 5) is 36.1. The molecule has 0 saturated carbocycles. The lowest BCUT2D eigenvalue weighted by Crippen LogP contribution is -2.38. The highest BCUT2D eigenvalue weighted by Crippen LogP contribution is 2.23. The van der Waals surface area contributed by atoms with Crippen LogP contribution in [-0.4, -0.2) is 45.8 Å². The first-order valence-corrected chi connectivity index (χ1v) is 11.5. The Bertz CT molecular complexity index is 1340. The minimum absolute atomic E-state index is 0.0406. The van der Waals surface area contributed by atoms with Crippen molar-refractivity contribution in [3.8, 4) is 22.3 Å². The smallest absolute Gasteiger partial charge is 0.255 e. The number of nitrogens with zero attached hydrogens (tertiary/aromatic N) is 3. The summed E-state index contributed by atoms with van der Waals surface area (Å²) in [6, 6.07) is 23.0. The van der Waals surface area contributed by atoms with E-state index in [1.54, 1.807) is 29.6 Å². The summed E-state index contributed by atoms with van der Waals surface area (Å²) in [5.74, 6) is -0.173. The highest BCUT2D eigenvalue weighted by molar-refractivity contribution is 6.00. The van der Waals surface area contributed by atoms with Crippen LogP contribution in [0.2, 0.25) is 0 Å². The zero-order valence-electron chi connectivity index (χ0n) is 19.1. The molecule has 2 aromatic heterocycles. The maximum absolute atomic E-state index is 13.0. The number of pyridine rings is 2. The van der Waals surface area contributed by atoms with Crippen molar-refractivity contribution in [3.05, 3.63) is 103 Å². The quantitative estimate of drug-likeness (QED) is 0.465. The second-order valence-electron chi connectivity index (χ2n) is 8.55. The van der Waals surface area contributed by atoms with Gasteiger partial charge in [0, 0.05) is 54.4 Å². The number of benzene rings is 2. The number of nitrogen functional groups attached to an aromatic ring is 1. The van der Waals surface area contributed by atoms with Gasteiger partial charge in [-0.15, -0.1) is 0 Å². The van der Waals surface area contributed by atoms with Gasteiger partial charge in [-0.2, -0.15) is 0 Å². The molecule has 2 aromatic carbocycles. The number of amides is 2. The van der Waals surface area contributed by atoms with Crippen LogP contribution in [0.4, 0.5) is 5.82 Å². The number of nitrogens with two attached hydrogens (primary N) is 1. The molecule has 0 spiro atoms. The van der Waals surface area contributed by atoms with Crippen LogP contribution in [0.5, 0.6) is 0 Å². The van der Waals surface area contributed by atoms with Crippen molar-refractivity contribution >= 4 is 17.6 Å². The van der Waals surface area contributed by atoms with Crippen LogP contribution in [0.1, 0.15) is 27.1 Å². The first kappa shape index (κ1) is 22.3. The number of carbonyl (C=O) groups excluding carboxylic acids is 2. The fourth-order valence-electron chi connectivity index (χ4n) is 4.29. The fourth-order valence-corrected chi connectivity index (χ4v) is 4.29. The molecule has 1 unspecified atom stereocenters. The van der Waals surface area contributed by atoms with Gasteiger partial charge in [0.2, 0.25) is 0 Å². The lowest BCUT2D eigenvalue weighted by atomic mass is 10.0. The third-order valence-corrected chi connectivity index (χ3v) is 6.21. The second-order valence-corrected chi connectivity index (χ2v) is 8.55. The Morgan fingerprint density at radius 3 is 2.37 bits per heavy atom. The van der Waals surface area contributed by atoms with Crippen LogP contribution in [0.3, 0.4) is 0 Å². The van der Waals surface area contributed by atoms with Gasteiger partial charge in [0.15, 0.2) is 0 Å². The molecule has 1 aliphatic rings. The van der Waals surface area contributed by atoms with Crippen LogP contribution < -0.4 is 11.1 Å². The molecule has 5 rings (SSSR count). The zero-order valence-corrected chi connectivity index (χ0v) is 19.1. The molecule has 1 atom stereocenters. The van der Waals surface area contributed by atoms with E-state index in [4.69, 9.17) is 5.73 Å². The molecule has 0 bridgehead atoms. The molecule has 0 radical (unpaired) electrons. The molecule has 1 aliphatic heterocycles. The summed E-state index contributed by atoms with van der Waals surface area (Å²) in [5.41, 5.74) is 10.7. The lowest BCUT2D eigenvalue weighted by molar-refractivity contribution is 0.0783. The minimum Gasteiger partial charge on any atom is -0.383 e. The number of anilines is 1. The number of aromatic nitrogens is 2. The number of likely N-dealkylation sites (tertiary alicyclic amines) is 1. The lowest BCUT2D eigenvalue weighted by Gasteiger charge is -2.18. The highest BCUT2D eigenvalue weighted by Gasteiger charge is 2.28. The molecule has 1 fully saturated rings. The zero-order chi connectivity index (χ0) is 24.2. The van der Waals surface area contributed by atoms with Gasteiger partial charge in [-0.05, 0) is 41.8 Å². The molecule has 2 amide bonds. The normalized spacial score (nSPS) is 15.1. The summed E-state index contributed by atoms with van der Waals surface area (Å²) < 4.78 is 0. The Balaban J connectivity index is 1.23. The predicted octanol–water partition coefficient (Wildman–Crippen LogP) is 4.04. The minimum atomic E-state index is -0.299. The Hall–Kier alpha value is -4.52. The van der Waals surface area contributed by atoms with Gasteiger partial charge in [0.25, 0.3) is 11.8 Å². The van der Waals surface area contributed by atoms with Crippen molar-refractivity contribution in [2.24, 2.45) is 0 Å². The molecule has 174 valence electrons. The largest absolute Gasteiger partial charge is 0.383 e. The molecule has 3 N–H and O–H groups in total. The fraction of sp³-hybridized carbons (Fsp3) is 0.143. The van der Waals surface area contributed by atoms with Crippen molar-refractivity contribution < 1.29 is 9.59 Å². The van der Waals surface area contributed by atoms with Gasteiger partial charge in [-0.25, -0.2) is 4.98 Å². The number of carbonyl (C=O) groups is 2. The third-order valence-electron chi connectivity index (χ3n) is 6.21. The van der Waals surface area contributed by atoms with E-state index in [0.717, 1.165) is 22.3 Å². The molecule has 4 aromatic rings. The maximum Gasteiger partial charge on any atom is 0.255 e. The van der Waals surface area contributed by atoms with Crippen molar-refractivity contribution in [2.45, 2.75) is 12.5 Å². The van der Waals surface area contributed by atoms with Crippen LogP contribution in [0.15, 0.2) is 91.4 Å². The average Bonchev–Trinajstić information content (AvgIpc) is 3.38. The molecule has 1 saturated heterocycles. The van der Waals surface area contributed by atoms with Crippen molar-refractivity contribution in [3.63, 3.8) is 0 Å². The monoisotopic (exact) mass is 463 g/mol. The van der Waals surface area contributed by atoms with Crippen LogP contribution in [0, 0.1) is 0 Å². The van der Waals surface area contributed by atoms with Gasteiger partial charge >= 0.3 is 0 Å². The number of rotatable bonds is 5. The van der Waals surface area contributed by atoms with E-state index >= 15 is 0 Å². The van der Waals surface area contributed by atoms with E-state index in [2.05, 4.69) is 15.3 Å². The Kier molecular flexibility index (Phi) is 6.22. The van der Waals surface area contributed by atoms with Gasteiger partial charge in [0.1, 0.15) is 5.82 Å². The van der Waals surface area contributed by atoms with Crippen molar-refractivity contribution in [2.75, 3.05) is 18.8 Å². The Morgan fingerprint density at radius 2 is 1.63 bits per heavy atom. The average molecular weight is 464 g/mol. The molecule has 7 nitrogen and oxygen atoms in total. The summed E-state index contributed by atoms with van der Waals surface area (Å²) in [6.07, 6.45) is 5.70. The summed E-state index contributed by atoms with van der Waals surface area (Å²) in [5, 5.41) is 3.01. The highest BCUT2D eigenvalue weighted by atomic mass is 16.2. The molecule has 3 heterocycles. The number of nitrogens with one attached hydrogen (secondary N) is 1. The van der Waals surface area contributed by atoms with E-state index in [1.807, 2.05) is 66.7 Å². The Morgan fingerprint density at radius 1 is 0.886 bits per heavy atom. The van der Waals surface area contributed by atoms with Gasteiger partial charge < -0.3 is 16.0 Å². The summed E-state index contributed by atoms with van der Waals surface area (Å²) in [6.45, 7) is 1.02. The van der Waals surface area contributed by atoms with Gasteiger partial charge in [-0.3, -0.25) is 14.6 Å². The van der Waals surface area contributed by atoms with E-state index in [-0.39, 0.29) is 23.7 Å². The molecular weight excluding hydrogens is 438 g/mol. The first-order valence-electron chi connectivity index (χ1n) is 11.5. The summed E-state index contributed by atoms with van der Waals surface area (Å²) in [7, 11) is 0. The topological polar surface area (TPSA) is 101 Å². The van der Waals surface area contributed by atoms with Crippen LogP contribution in [0.25, 0.3) is 22.3 Å². The van der Waals surface area contributed by atoms with Crippen LogP contribution in [-0.2, 0) is 0 Å². The third kappa shape index (κ3) is 4.89. The molecule has 35 heavy (non-hydrogen) atoms. The number of hydrogen-bond acceptors (Lipinski definition) is 5. The molecular formula is C28H25N5O2. The van der Waals surface area contributed by atoms with E-state index in [9.17, 15) is 9.59 Å². The van der Waals surface area contributed by atoms with E-state index in [1.165, 1.54) is 0 Å². The van der Waals surface area contributed by atoms with E-state index in [0.29, 0.717) is 30.6 Å². The molecule has 7 heteroatoms. The van der Waals surface area contributed by atoms with Crippen molar-refractivity contribution in [1.82, 2.24) is 20.2 Å². The second kappa shape index (κ2) is 9.77. The van der Waals surface area contributed by atoms with Crippen molar-refractivity contribution in [1.29, 1.82) is 0 Å². The summed E-state index contributed by atoms with van der Waals surface area (Å²) >= 11 is 0. The molecule has 0 aliphatic carbocycles. The standard InChI is InChI=1S/C28H25N5O2/c29-26-25(15-23(17-31-26)22-7-4-13-30-16-22)27(34)32-24-12-14-33(18-24)28(35)21-10-8-20(9-11-21)19-5-2-1-3-6-19/h1-11,13,15-17,24H,12,14,18H2,(H2,29,31)(H,32,34). The number of hydrogen-bond donors (Lipinski definition) is 2. The first-order chi connectivity index (χ1) is 17.1. The Labute approximate surface area is 203 Å². The van der Waals surface area contributed by atoms with Crippen LogP contribution >= 0.6 is 0 Å². The maximum atomic E-state index is 13.0. The van der Waals surface area contributed by atoms with Gasteiger partial charge in [-0.1, -0.05) is 48.5 Å².